The van der Waals surface area contributed by atoms with E-state index in [-0.39, 0.29) is 18.3 Å². The molecule has 1 heterocycles. The third kappa shape index (κ3) is 4.50. The van der Waals surface area contributed by atoms with Crippen LogP contribution >= 0.6 is 12.4 Å². The Bertz CT molecular complexity index is 389. The highest BCUT2D eigenvalue weighted by atomic mass is 35.5. The monoisotopic (exact) mass is 296 g/mol. The van der Waals surface area contributed by atoms with E-state index in [9.17, 15) is 4.79 Å². The van der Waals surface area contributed by atoms with Crippen molar-refractivity contribution in [2.24, 2.45) is 0 Å². The summed E-state index contributed by atoms with van der Waals surface area (Å²) in [4.78, 5) is 14.8. The van der Waals surface area contributed by atoms with Crippen molar-refractivity contribution in [3.05, 3.63) is 35.9 Å². The molecule has 1 aromatic carbocycles. The van der Waals surface area contributed by atoms with Crippen molar-refractivity contribution < 1.29 is 4.79 Å². The van der Waals surface area contributed by atoms with Crippen LogP contribution in [0.5, 0.6) is 0 Å². The number of halogens is 1. The number of carbonyl (C=O) groups is 1. The topological polar surface area (TPSA) is 32.3 Å². The minimum atomic E-state index is 0. The summed E-state index contributed by atoms with van der Waals surface area (Å²) >= 11 is 0. The fraction of sp³-hybridized carbons (Fsp3) is 0.562. The molecule has 1 unspecified atom stereocenters. The SMILES string of the molecule is CCCC(C(=O)N1CCCNCC1)c1ccccc1.Cl. The molecular weight excluding hydrogens is 272 g/mol. The zero-order chi connectivity index (χ0) is 13.5. The third-order valence-electron chi connectivity index (χ3n) is 3.73. The van der Waals surface area contributed by atoms with E-state index >= 15 is 0 Å². The standard InChI is InChI=1S/C16H24N2O.ClH/c1-2-7-15(14-8-4-3-5-9-14)16(19)18-12-6-10-17-11-13-18;/h3-5,8-9,15,17H,2,6-7,10-13H2,1H3;1H. The molecule has 1 atom stereocenters. The predicted molar refractivity (Wildman–Crippen MR) is 85.4 cm³/mol. The summed E-state index contributed by atoms with van der Waals surface area (Å²) in [6.45, 7) is 5.81. The van der Waals surface area contributed by atoms with Gasteiger partial charge in [0.2, 0.25) is 5.91 Å². The summed E-state index contributed by atoms with van der Waals surface area (Å²) in [6, 6.07) is 10.2. The van der Waals surface area contributed by atoms with E-state index < -0.39 is 0 Å². The highest BCUT2D eigenvalue weighted by molar-refractivity contribution is 5.85. The van der Waals surface area contributed by atoms with Crippen molar-refractivity contribution in [3.8, 4) is 0 Å². The summed E-state index contributed by atoms with van der Waals surface area (Å²) in [5.74, 6) is 0.334. The van der Waals surface area contributed by atoms with Gasteiger partial charge in [0.1, 0.15) is 0 Å². The van der Waals surface area contributed by atoms with Gasteiger partial charge in [0.25, 0.3) is 0 Å². The molecule has 0 aromatic heterocycles. The lowest BCUT2D eigenvalue weighted by molar-refractivity contribution is -0.132. The molecule has 1 aliphatic rings. The van der Waals surface area contributed by atoms with Crippen molar-refractivity contribution in [2.45, 2.75) is 32.1 Å². The molecule has 1 saturated heterocycles. The van der Waals surface area contributed by atoms with E-state index in [0.717, 1.165) is 51.0 Å². The molecule has 0 aliphatic carbocycles. The van der Waals surface area contributed by atoms with E-state index in [1.54, 1.807) is 0 Å². The maximum absolute atomic E-state index is 12.7. The van der Waals surface area contributed by atoms with Gasteiger partial charge in [0, 0.05) is 19.6 Å². The van der Waals surface area contributed by atoms with Crippen LogP contribution in [0.3, 0.4) is 0 Å². The average molecular weight is 297 g/mol. The molecule has 1 fully saturated rings. The number of amides is 1. The molecule has 1 amide bonds. The zero-order valence-electron chi connectivity index (χ0n) is 12.2. The van der Waals surface area contributed by atoms with Gasteiger partial charge in [-0.2, -0.15) is 0 Å². The quantitative estimate of drug-likeness (QED) is 0.927. The fourth-order valence-electron chi connectivity index (χ4n) is 2.69. The average Bonchev–Trinajstić information content (AvgIpc) is 2.74. The number of nitrogens with one attached hydrogen (secondary N) is 1. The van der Waals surface area contributed by atoms with Crippen LogP contribution in [0.15, 0.2) is 30.3 Å². The number of benzene rings is 1. The lowest BCUT2D eigenvalue weighted by Gasteiger charge is -2.26. The summed E-state index contributed by atoms with van der Waals surface area (Å²) in [5, 5.41) is 3.35. The molecule has 1 aromatic rings. The van der Waals surface area contributed by atoms with Gasteiger partial charge in [-0.25, -0.2) is 0 Å². The minimum absolute atomic E-state index is 0. The number of hydrogen-bond acceptors (Lipinski definition) is 2. The summed E-state index contributed by atoms with van der Waals surface area (Å²) < 4.78 is 0. The second-order valence-electron chi connectivity index (χ2n) is 5.18. The lowest BCUT2D eigenvalue weighted by Crippen LogP contribution is -2.37. The smallest absolute Gasteiger partial charge is 0.230 e. The number of hydrogen-bond donors (Lipinski definition) is 1. The molecule has 0 radical (unpaired) electrons. The van der Waals surface area contributed by atoms with E-state index in [0.29, 0.717) is 5.91 Å². The Hall–Kier alpha value is -1.06. The molecule has 3 nitrogen and oxygen atoms in total. The Balaban J connectivity index is 0.00000200. The van der Waals surface area contributed by atoms with Crippen molar-refractivity contribution in [2.75, 3.05) is 26.2 Å². The Labute approximate surface area is 128 Å². The summed E-state index contributed by atoms with van der Waals surface area (Å²) in [6.07, 6.45) is 3.03. The summed E-state index contributed by atoms with van der Waals surface area (Å²) in [7, 11) is 0. The largest absolute Gasteiger partial charge is 0.341 e. The molecule has 2 rings (SSSR count). The Morgan fingerprint density at radius 1 is 1.25 bits per heavy atom. The van der Waals surface area contributed by atoms with Crippen LogP contribution in [0.25, 0.3) is 0 Å². The number of rotatable bonds is 4. The van der Waals surface area contributed by atoms with Gasteiger partial charge in [-0.05, 0) is 24.9 Å². The first-order chi connectivity index (χ1) is 9.33. The highest BCUT2D eigenvalue weighted by Crippen LogP contribution is 2.24. The minimum Gasteiger partial charge on any atom is -0.341 e. The normalized spacial score (nSPS) is 16.9. The number of nitrogens with zero attached hydrogens (tertiary/aromatic N) is 1. The fourth-order valence-corrected chi connectivity index (χ4v) is 2.69. The first kappa shape index (κ1) is 17.0. The molecule has 0 bridgehead atoms. The first-order valence-corrected chi connectivity index (χ1v) is 7.37. The van der Waals surface area contributed by atoms with Gasteiger partial charge in [0.05, 0.1) is 5.92 Å². The zero-order valence-corrected chi connectivity index (χ0v) is 13.0. The molecule has 1 aliphatic heterocycles. The molecule has 112 valence electrons. The van der Waals surface area contributed by atoms with Crippen LogP contribution in [0, 0.1) is 0 Å². The molecule has 0 saturated carbocycles. The maximum atomic E-state index is 12.7. The molecule has 0 spiro atoms. The molecule has 1 N–H and O–H groups in total. The van der Waals surface area contributed by atoms with Crippen LogP contribution in [-0.2, 0) is 4.79 Å². The molecular formula is C16H25ClN2O. The molecule has 20 heavy (non-hydrogen) atoms. The highest BCUT2D eigenvalue weighted by Gasteiger charge is 2.25. The Morgan fingerprint density at radius 2 is 2.00 bits per heavy atom. The van der Waals surface area contributed by atoms with Crippen molar-refractivity contribution in [1.29, 1.82) is 0 Å². The maximum Gasteiger partial charge on any atom is 0.230 e. The van der Waals surface area contributed by atoms with E-state index in [1.165, 1.54) is 0 Å². The first-order valence-electron chi connectivity index (χ1n) is 7.37. The van der Waals surface area contributed by atoms with E-state index in [4.69, 9.17) is 0 Å². The van der Waals surface area contributed by atoms with Gasteiger partial charge in [-0.1, -0.05) is 43.7 Å². The second kappa shape index (κ2) is 8.98. The number of carbonyl (C=O) groups excluding carboxylic acids is 1. The third-order valence-corrected chi connectivity index (χ3v) is 3.73. The van der Waals surface area contributed by atoms with Crippen LogP contribution in [0.4, 0.5) is 0 Å². The Kier molecular flexibility index (Phi) is 7.63. The lowest BCUT2D eigenvalue weighted by atomic mass is 9.93. The van der Waals surface area contributed by atoms with E-state index in [2.05, 4.69) is 24.4 Å². The van der Waals surface area contributed by atoms with Crippen molar-refractivity contribution >= 4 is 18.3 Å². The Morgan fingerprint density at radius 3 is 2.70 bits per heavy atom. The van der Waals surface area contributed by atoms with Gasteiger partial charge in [0.15, 0.2) is 0 Å². The van der Waals surface area contributed by atoms with Crippen molar-refractivity contribution in [1.82, 2.24) is 10.2 Å². The predicted octanol–water partition coefficient (Wildman–Crippen LogP) is 2.81. The molecule has 4 heteroatoms. The van der Waals surface area contributed by atoms with Crippen LogP contribution in [0.1, 0.15) is 37.7 Å². The van der Waals surface area contributed by atoms with E-state index in [1.807, 2.05) is 23.1 Å². The van der Waals surface area contributed by atoms with Crippen LogP contribution in [0.2, 0.25) is 0 Å². The summed E-state index contributed by atoms with van der Waals surface area (Å²) in [5.41, 5.74) is 1.16. The van der Waals surface area contributed by atoms with Crippen LogP contribution in [-0.4, -0.2) is 37.0 Å². The van der Waals surface area contributed by atoms with Gasteiger partial charge >= 0.3 is 0 Å². The van der Waals surface area contributed by atoms with Gasteiger partial charge in [-0.3, -0.25) is 4.79 Å². The second-order valence-corrected chi connectivity index (χ2v) is 5.18. The van der Waals surface area contributed by atoms with Gasteiger partial charge < -0.3 is 10.2 Å². The van der Waals surface area contributed by atoms with Crippen molar-refractivity contribution in [3.63, 3.8) is 0 Å². The van der Waals surface area contributed by atoms with Crippen LogP contribution < -0.4 is 5.32 Å². The van der Waals surface area contributed by atoms with Gasteiger partial charge in [-0.15, -0.1) is 12.4 Å².